The van der Waals surface area contributed by atoms with Crippen molar-refractivity contribution in [1.29, 1.82) is 0 Å². The normalized spacial score (nSPS) is 11.6. The number of imidazole rings is 1. The predicted molar refractivity (Wildman–Crippen MR) is 94.3 cm³/mol. The molecule has 0 spiro atoms. The monoisotopic (exact) mass is 421 g/mol. The molecule has 0 aliphatic rings. The van der Waals surface area contributed by atoms with Crippen LogP contribution in [0.15, 0.2) is 47.1 Å². The molecule has 8 nitrogen and oxygen atoms in total. The van der Waals surface area contributed by atoms with Gasteiger partial charge in [-0.05, 0) is 37.3 Å². The molecule has 0 atom stereocenters. The maximum Gasteiger partial charge on any atom is 0.573 e. The molecule has 3 heterocycles. The SMILES string of the molecule is Cc1ncc2oc(-c3ccc(NC(=O)c4ccc(F)c(OC(F)(F)F)c4)cn3)nn12. The zero-order chi connectivity index (χ0) is 21.5. The van der Waals surface area contributed by atoms with Gasteiger partial charge in [-0.15, -0.1) is 18.3 Å². The van der Waals surface area contributed by atoms with Crippen LogP contribution in [0.4, 0.5) is 23.2 Å². The van der Waals surface area contributed by atoms with Crippen molar-refractivity contribution in [3.05, 3.63) is 59.9 Å². The molecule has 0 aliphatic heterocycles. The number of nitrogens with one attached hydrogen (secondary N) is 1. The fourth-order valence-corrected chi connectivity index (χ4v) is 2.57. The number of benzene rings is 1. The summed E-state index contributed by atoms with van der Waals surface area (Å²) >= 11 is 0. The van der Waals surface area contributed by atoms with Crippen molar-refractivity contribution in [2.24, 2.45) is 0 Å². The summed E-state index contributed by atoms with van der Waals surface area (Å²) in [6.07, 6.45) is -2.26. The van der Waals surface area contributed by atoms with Crippen LogP contribution < -0.4 is 10.1 Å². The molecule has 30 heavy (non-hydrogen) atoms. The van der Waals surface area contributed by atoms with Gasteiger partial charge >= 0.3 is 6.36 Å². The summed E-state index contributed by atoms with van der Waals surface area (Å²) in [5.74, 6) is -2.25. The minimum atomic E-state index is -5.09. The van der Waals surface area contributed by atoms with E-state index in [-0.39, 0.29) is 17.1 Å². The van der Waals surface area contributed by atoms with E-state index in [1.807, 2.05) is 0 Å². The summed E-state index contributed by atoms with van der Waals surface area (Å²) in [6, 6.07) is 5.43. The molecule has 0 bridgehead atoms. The highest BCUT2D eigenvalue weighted by molar-refractivity contribution is 6.04. The molecule has 1 N–H and O–H groups in total. The van der Waals surface area contributed by atoms with Gasteiger partial charge in [0.25, 0.3) is 11.8 Å². The molecule has 12 heteroatoms. The number of halogens is 4. The van der Waals surface area contributed by atoms with Crippen molar-refractivity contribution >= 4 is 17.3 Å². The van der Waals surface area contributed by atoms with Crippen molar-refractivity contribution in [2.75, 3.05) is 5.32 Å². The van der Waals surface area contributed by atoms with Crippen LogP contribution in [0.2, 0.25) is 0 Å². The lowest BCUT2D eigenvalue weighted by molar-refractivity contribution is -0.275. The van der Waals surface area contributed by atoms with Gasteiger partial charge in [-0.2, -0.15) is 4.52 Å². The van der Waals surface area contributed by atoms with Crippen molar-refractivity contribution in [1.82, 2.24) is 19.6 Å². The number of carbonyl (C=O) groups is 1. The molecule has 1 amide bonds. The van der Waals surface area contributed by atoms with E-state index in [1.165, 1.54) is 29.0 Å². The molecule has 0 fully saturated rings. The smallest absolute Gasteiger partial charge is 0.415 e. The Hall–Kier alpha value is -3.96. The van der Waals surface area contributed by atoms with E-state index in [0.29, 0.717) is 29.4 Å². The molecule has 4 aromatic rings. The lowest BCUT2D eigenvalue weighted by atomic mass is 10.2. The van der Waals surface area contributed by atoms with Crippen LogP contribution in [0.3, 0.4) is 0 Å². The first-order chi connectivity index (χ1) is 14.2. The molecule has 3 aromatic heterocycles. The Labute approximate surface area is 165 Å². The van der Waals surface area contributed by atoms with Gasteiger partial charge in [-0.25, -0.2) is 14.4 Å². The number of ether oxygens (including phenoxy) is 1. The number of nitrogens with zero attached hydrogens (tertiary/aromatic N) is 4. The van der Waals surface area contributed by atoms with Gasteiger partial charge in [-0.3, -0.25) is 4.79 Å². The summed E-state index contributed by atoms with van der Waals surface area (Å²) in [4.78, 5) is 20.5. The third-order valence-electron chi connectivity index (χ3n) is 3.93. The molecular formula is C18H11F4N5O3. The number of alkyl halides is 3. The molecule has 0 unspecified atom stereocenters. The Morgan fingerprint density at radius 2 is 1.97 bits per heavy atom. The summed E-state index contributed by atoms with van der Waals surface area (Å²) < 4.78 is 61.1. The van der Waals surface area contributed by atoms with E-state index in [4.69, 9.17) is 4.42 Å². The van der Waals surface area contributed by atoms with Crippen LogP contribution >= 0.6 is 0 Å². The van der Waals surface area contributed by atoms with Crippen LogP contribution in [0.25, 0.3) is 17.3 Å². The summed E-state index contributed by atoms with van der Waals surface area (Å²) in [7, 11) is 0. The summed E-state index contributed by atoms with van der Waals surface area (Å²) in [6.45, 7) is 1.76. The third-order valence-corrected chi connectivity index (χ3v) is 3.93. The first-order valence-electron chi connectivity index (χ1n) is 8.34. The van der Waals surface area contributed by atoms with E-state index >= 15 is 0 Å². The number of aryl methyl sites for hydroxylation is 1. The lowest BCUT2D eigenvalue weighted by Gasteiger charge is -2.11. The van der Waals surface area contributed by atoms with Gasteiger partial charge in [0, 0.05) is 5.56 Å². The molecular weight excluding hydrogens is 410 g/mol. The van der Waals surface area contributed by atoms with Crippen molar-refractivity contribution in [3.8, 4) is 17.3 Å². The van der Waals surface area contributed by atoms with E-state index in [0.717, 1.165) is 6.07 Å². The van der Waals surface area contributed by atoms with Crippen LogP contribution in [0, 0.1) is 12.7 Å². The van der Waals surface area contributed by atoms with E-state index < -0.39 is 23.8 Å². The second kappa shape index (κ2) is 7.13. The number of hydrogen-bond acceptors (Lipinski definition) is 6. The number of hydrogen-bond donors (Lipinski definition) is 1. The van der Waals surface area contributed by atoms with E-state index in [2.05, 4.69) is 25.1 Å². The fraction of sp³-hybridized carbons (Fsp3) is 0.111. The van der Waals surface area contributed by atoms with Gasteiger partial charge in [0.1, 0.15) is 11.5 Å². The number of pyridine rings is 1. The Kier molecular flexibility index (Phi) is 4.60. The van der Waals surface area contributed by atoms with Crippen molar-refractivity contribution in [3.63, 3.8) is 0 Å². The van der Waals surface area contributed by atoms with Crippen molar-refractivity contribution in [2.45, 2.75) is 13.3 Å². The second-order valence-corrected chi connectivity index (χ2v) is 6.04. The average molecular weight is 421 g/mol. The topological polar surface area (TPSA) is 94.5 Å². The third kappa shape index (κ3) is 3.92. The summed E-state index contributed by atoms with van der Waals surface area (Å²) in [5.41, 5.74) is 0.849. The molecule has 4 rings (SSSR count). The molecule has 1 aromatic carbocycles. The zero-order valence-electron chi connectivity index (χ0n) is 15.1. The number of anilines is 1. The highest BCUT2D eigenvalue weighted by Gasteiger charge is 2.32. The predicted octanol–water partition coefficient (Wildman–Crippen LogP) is 3.98. The Bertz CT molecular complexity index is 1230. The second-order valence-electron chi connectivity index (χ2n) is 6.04. The quantitative estimate of drug-likeness (QED) is 0.501. The zero-order valence-corrected chi connectivity index (χ0v) is 15.1. The molecule has 0 saturated heterocycles. The van der Waals surface area contributed by atoms with E-state index in [1.54, 1.807) is 6.92 Å². The van der Waals surface area contributed by atoms with Gasteiger partial charge in [0.05, 0.1) is 18.1 Å². The first-order valence-corrected chi connectivity index (χ1v) is 8.34. The van der Waals surface area contributed by atoms with Crippen LogP contribution in [-0.2, 0) is 0 Å². The highest BCUT2D eigenvalue weighted by Crippen LogP contribution is 2.27. The lowest BCUT2D eigenvalue weighted by Crippen LogP contribution is -2.19. The van der Waals surface area contributed by atoms with Crippen molar-refractivity contribution < 1.29 is 31.5 Å². The van der Waals surface area contributed by atoms with Gasteiger partial charge < -0.3 is 14.5 Å². The Balaban J connectivity index is 1.50. The Morgan fingerprint density at radius 1 is 1.17 bits per heavy atom. The minimum absolute atomic E-state index is 0.231. The number of amides is 1. The number of rotatable bonds is 4. The molecule has 154 valence electrons. The van der Waals surface area contributed by atoms with Crippen LogP contribution in [0.5, 0.6) is 5.75 Å². The molecule has 0 radical (unpaired) electrons. The molecule has 0 saturated carbocycles. The largest absolute Gasteiger partial charge is 0.573 e. The number of carbonyl (C=O) groups excluding carboxylic acids is 1. The number of fused-ring (bicyclic) bond motifs is 1. The van der Waals surface area contributed by atoms with Gasteiger partial charge in [0.2, 0.25) is 5.71 Å². The first kappa shape index (κ1) is 19.4. The minimum Gasteiger partial charge on any atom is -0.415 e. The maximum absolute atomic E-state index is 13.5. The summed E-state index contributed by atoms with van der Waals surface area (Å²) in [5, 5.41) is 6.67. The molecule has 0 aliphatic carbocycles. The highest BCUT2D eigenvalue weighted by atomic mass is 19.4. The standard InChI is InChI=1S/C18H11F4N5O3/c1-9-23-8-15-27(9)26-17(29-15)13-5-3-11(7-24-13)25-16(28)10-2-4-12(19)14(6-10)30-18(20,21)22/h2-8H,1H3,(H,25,28). The van der Waals surface area contributed by atoms with E-state index in [9.17, 15) is 22.4 Å². The number of aromatic nitrogens is 4. The Morgan fingerprint density at radius 3 is 2.63 bits per heavy atom. The average Bonchev–Trinajstić information content (AvgIpc) is 3.25. The van der Waals surface area contributed by atoms with Gasteiger partial charge in [0.15, 0.2) is 11.6 Å². The van der Waals surface area contributed by atoms with Gasteiger partial charge in [-0.1, -0.05) is 0 Å². The fourth-order valence-electron chi connectivity index (χ4n) is 2.57. The van der Waals surface area contributed by atoms with Crippen LogP contribution in [0.1, 0.15) is 16.2 Å². The maximum atomic E-state index is 13.5. The van der Waals surface area contributed by atoms with Crippen LogP contribution in [-0.4, -0.2) is 31.9 Å².